The maximum Gasteiger partial charge on any atom is 0.392 e. The van der Waals surface area contributed by atoms with Gasteiger partial charge in [0.1, 0.15) is 5.78 Å². The van der Waals surface area contributed by atoms with Crippen LogP contribution in [-0.4, -0.2) is 12.0 Å². The van der Waals surface area contributed by atoms with Gasteiger partial charge in [0, 0.05) is 12.3 Å². The van der Waals surface area contributed by atoms with E-state index in [1.807, 2.05) is 0 Å². The van der Waals surface area contributed by atoms with Gasteiger partial charge < -0.3 is 0 Å². The number of fused-ring (bicyclic) bond motifs is 1. The summed E-state index contributed by atoms with van der Waals surface area (Å²) in [4.78, 5) is 11.0. The third-order valence-corrected chi connectivity index (χ3v) is 2.88. The predicted octanol–water partition coefficient (Wildman–Crippen LogP) is 2.16. The number of halogens is 3. The first kappa shape index (κ1) is 8.08. The quantitative estimate of drug-likeness (QED) is 0.555. The molecule has 0 bridgehead atoms. The van der Waals surface area contributed by atoms with Crippen LogP contribution in [0.2, 0.25) is 0 Å². The summed E-state index contributed by atoms with van der Waals surface area (Å²) in [6, 6.07) is 0. The molecule has 0 aromatic heterocycles. The summed E-state index contributed by atoms with van der Waals surface area (Å²) in [6.45, 7) is 0. The van der Waals surface area contributed by atoms with Gasteiger partial charge >= 0.3 is 6.18 Å². The lowest BCUT2D eigenvalue weighted by molar-refractivity contribution is -0.156. The summed E-state index contributed by atoms with van der Waals surface area (Å²) in [5.41, 5.74) is 0. The molecule has 0 unspecified atom stereocenters. The lowest BCUT2D eigenvalue weighted by Gasteiger charge is -2.04. The topological polar surface area (TPSA) is 17.1 Å². The van der Waals surface area contributed by atoms with Gasteiger partial charge in [-0.25, -0.2) is 0 Å². The zero-order valence-electron chi connectivity index (χ0n) is 6.40. The van der Waals surface area contributed by atoms with Crippen LogP contribution in [0.5, 0.6) is 0 Å². The fraction of sp³-hybridized carbons (Fsp3) is 0.875. The normalized spacial score (nSPS) is 40.9. The van der Waals surface area contributed by atoms with Crippen molar-refractivity contribution < 1.29 is 18.0 Å². The molecule has 2 saturated carbocycles. The van der Waals surface area contributed by atoms with E-state index in [9.17, 15) is 18.0 Å². The molecule has 0 N–H and O–H groups in total. The fourth-order valence-electron chi connectivity index (χ4n) is 2.30. The Hall–Kier alpha value is -0.540. The van der Waals surface area contributed by atoms with Gasteiger partial charge in [0.2, 0.25) is 0 Å². The Balaban J connectivity index is 2.10. The molecule has 0 heterocycles. The second-order valence-corrected chi connectivity index (χ2v) is 3.62. The molecule has 0 saturated heterocycles. The summed E-state index contributed by atoms with van der Waals surface area (Å²) in [5.74, 6) is -2.51. The highest BCUT2D eigenvalue weighted by atomic mass is 19.4. The first-order chi connectivity index (χ1) is 5.52. The van der Waals surface area contributed by atoms with Gasteiger partial charge in [-0.15, -0.1) is 0 Å². The highest BCUT2D eigenvalue weighted by Crippen LogP contribution is 2.60. The third-order valence-electron chi connectivity index (χ3n) is 2.88. The lowest BCUT2D eigenvalue weighted by Crippen LogP contribution is -2.14. The molecule has 1 nitrogen and oxygen atoms in total. The van der Waals surface area contributed by atoms with E-state index in [2.05, 4.69) is 0 Å². The molecule has 0 aromatic rings. The zero-order valence-corrected chi connectivity index (χ0v) is 6.40. The molecule has 0 amide bonds. The Labute approximate surface area is 67.9 Å². The van der Waals surface area contributed by atoms with Crippen molar-refractivity contribution >= 4 is 5.78 Å². The number of rotatable bonds is 0. The summed E-state index contributed by atoms with van der Waals surface area (Å²) < 4.78 is 36.5. The van der Waals surface area contributed by atoms with E-state index in [-0.39, 0.29) is 11.7 Å². The second kappa shape index (κ2) is 2.24. The molecule has 68 valence electrons. The Morgan fingerprint density at radius 1 is 1.33 bits per heavy atom. The van der Waals surface area contributed by atoms with E-state index in [1.54, 1.807) is 0 Å². The molecule has 2 rings (SSSR count). The predicted molar refractivity (Wildman–Crippen MR) is 35.4 cm³/mol. The molecule has 2 fully saturated rings. The van der Waals surface area contributed by atoms with E-state index in [1.165, 1.54) is 0 Å². The molecular formula is C8H9F3O. The van der Waals surface area contributed by atoms with Crippen LogP contribution < -0.4 is 0 Å². The van der Waals surface area contributed by atoms with Crippen molar-refractivity contribution in [3.63, 3.8) is 0 Å². The van der Waals surface area contributed by atoms with Crippen LogP contribution in [0.1, 0.15) is 19.3 Å². The molecule has 0 spiro atoms. The van der Waals surface area contributed by atoms with Crippen molar-refractivity contribution in [3.05, 3.63) is 0 Å². The fourth-order valence-corrected chi connectivity index (χ4v) is 2.30. The summed E-state index contributed by atoms with van der Waals surface area (Å²) >= 11 is 0. The van der Waals surface area contributed by atoms with Crippen LogP contribution in [0.3, 0.4) is 0 Å². The van der Waals surface area contributed by atoms with Crippen molar-refractivity contribution in [3.8, 4) is 0 Å². The van der Waals surface area contributed by atoms with Crippen LogP contribution in [0.25, 0.3) is 0 Å². The maximum absolute atomic E-state index is 12.2. The number of hydrogen-bond donors (Lipinski definition) is 0. The highest BCUT2D eigenvalue weighted by Gasteiger charge is 2.67. The minimum absolute atomic E-state index is 0.173. The third kappa shape index (κ3) is 1.04. The smallest absolute Gasteiger partial charge is 0.299 e. The number of carbonyl (C=O) groups excluding carboxylic acids is 1. The van der Waals surface area contributed by atoms with Gasteiger partial charge in [0.15, 0.2) is 0 Å². The summed E-state index contributed by atoms with van der Waals surface area (Å²) in [6.07, 6.45) is -2.56. The number of ketones is 1. The molecule has 4 heteroatoms. The van der Waals surface area contributed by atoms with E-state index < -0.39 is 18.0 Å². The minimum Gasteiger partial charge on any atom is -0.299 e. The number of Topliss-reactive ketones (excluding diaryl/α,β-unsaturated/α-hetero) is 1. The van der Waals surface area contributed by atoms with E-state index >= 15 is 0 Å². The van der Waals surface area contributed by atoms with Crippen molar-refractivity contribution in [1.29, 1.82) is 0 Å². The van der Waals surface area contributed by atoms with Crippen molar-refractivity contribution in [2.45, 2.75) is 25.4 Å². The highest BCUT2D eigenvalue weighted by molar-refractivity contribution is 5.85. The SMILES string of the molecule is O=C1CCC[C@@H]2[C@H]1[C@@H]2C(F)(F)F. The standard InChI is InChI=1S/C8H9F3O/c9-8(10,11)7-4-2-1-3-5(12)6(4)7/h4,6-7H,1-3H2/t4-,6-,7-/m1/s1. The lowest BCUT2D eigenvalue weighted by atomic mass is 10.00. The van der Waals surface area contributed by atoms with Crippen molar-refractivity contribution in [2.75, 3.05) is 0 Å². The minimum atomic E-state index is -4.14. The molecule has 0 aromatic carbocycles. The van der Waals surface area contributed by atoms with Gasteiger partial charge in [-0.1, -0.05) is 0 Å². The average molecular weight is 178 g/mol. The van der Waals surface area contributed by atoms with Gasteiger partial charge in [0.25, 0.3) is 0 Å². The second-order valence-electron chi connectivity index (χ2n) is 3.62. The van der Waals surface area contributed by atoms with Crippen LogP contribution in [0.15, 0.2) is 0 Å². The number of alkyl halides is 3. The molecule has 2 aliphatic rings. The Bertz CT molecular complexity index is 221. The van der Waals surface area contributed by atoms with Crippen LogP contribution in [0, 0.1) is 17.8 Å². The number of carbonyl (C=O) groups is 1. The van der Waals surface area contributed by atoms with Crippen LogP contribution in [-0.2, 0) is 4.79 Å². The van der Waals surface area contributed by atoms with Crippen molar-refractivity contribution in [2.24, 2.45) is 17.8 Å². The molecule has 12 heavy (non-hydrogen) atoms. The molecule has 3 atom stereocenters. The summed E-state index contributed by atoms with van der Waals surface area (Å²) in [7, 11) is 0. The van der Waals surface area contributed by atoms with E-state index in [0.29, 0.717) is 19.3 Å². The molecule has 0 radical (unpaired) electrons. The largest absolute Gasteiger partial charge is 0.392 e. The monoisotopic (exact) mass is 178 g/mol. The van der Waals surface area contributed by atoms with Gasteiger partial charge in [-0.05, 0) is 18.8 Å². The zero-order chi connectivity index (χ0) is 8.93. The average Bonchev–Trinajstić information content (AvgIpc) is 2.60. The summed E-state index contributed by atoms with van der Waals surface area (Å²) in [5, 5.41) is 0. The van der Waals surface area contributed by atoms with E-state index in [4.69, 9.17) is 0 Å². The first-order valence-corrected chi connectivity index (χ1v) is 4.11. The molecule has 0 aliphatic heterocycles. The first-order valence-electron chi connectivity index (χ1n) is 4.11. The van der Waals surface area contributed by atoms with Crippen molar-refractivity contribution in [1.82, 2.24) is 0 Å². The van der Waals surface area contributed by atoms with Gasteiger partial charge in [-0.2, -0.15) is 13.2 Å². The van der Waals surface area contributed by atoms with E-state index in [0.717, 1.165) is 0 Å². The van der Waals surface area contributed by atoms with Gasteiger partial charge in [0.05, 0.1) is 5.92 Å². The molecule has 2 aliphatic carbocycles. The van der Waals surface area contributed by atoms with Gasteiger partial charge in [-0.3, -0.25) is 4.79 Å². The Morgan fingerprint density at radius 3 is 2.50 bits per heavy atom. The Kier molecular flexibility index (Phi) is 1.50. The molecular weight excluding hydrogens is 169 g/mol. The Morgan fingerprint density at radius 2 is 2.00 bits per heavy atom. The van der Waals surface area contributed by atoms with Crippen LogP contribution >= 0.6 is 0 Å². The number of hydrogen-bond acceptors (Lipinski definition) is 1. The van der Waals surface area contributed by atoms with Crippen LogP contribution in [0.4, 0.5) is 13.2 Å². The maximum atomic E-state index is 12.2.